The van der Waals surface area contributed by atoms with Gasteiger partial charge in [0, 0.05) is 18.7 Å². The number of nitrogen functional groups attached to an aromatic ring is 1. The molecule has 1 aliphatic rings. The van der Waals surface area contributed by atoms with E-state index in [4.69, 9.17) is 5.73 Å². The summed E-state index contributed by atoms with van der Waals surface area (Å²) < 4.78 is 6.09. The second-order valence-electron chi connectivity index (χ2n) is 5.39. The number of likely N-dealkylation sites (tertiary alicyclic amines) is 1. The molecule has 0 bridgehead atoms. The van der Waals surface area contributed by atoms with E-state index in [-0.39, 0.29) is 17.3 Å². The Morgan fingerprint density at radius 2 is 1.83 bits per heavy atom. The smallest absolute Gasteiger partial charge is 0.343 e. The van der Waals surface area contributed by atoms with Crippen LogP contribution in [0.5, 0.6) is 0 Å². The predicted molar refractivity (Wildman–Crippen MR) is 84.5 cm³/mol. The summed E-state index contributed by atoms with van der Waals surface area (Å²) >= 11 is 0. The zero-order chi connectivity index (χ0) is 16.4. The number of carbonyl (C=O) groups is 2. The number of nitrogens with two attached hydrogens (primary N) is 1. The Bertz CT molecular complexity index is 730. The second-order valence-corrected chi connectivity index (χ2v) is 5.39. The van der Waals surface area contributed by atoms with Gasteiger partial charge in [0.25, 0.3) is 5.91 Å². The molecule has 2 N–H and O–H groups in total. The van der Waals surface area contributed by atoms with E-state index in [0.717, 1.165) is 25.9 Å². The molecule has 1 saturated heterocycles. The highest BCUT2D eigenvalue weighted by Crippen LogP contribution is 2.19. The normalized spacial score (nSPS) is 14.0. The molecular weight excluding hydrogens is 296 g/mol. The molecule has 0 atom stereocenters. The molecule has 0 spiro atoms. The standard InChI is InChI=1S/C16H18N4O3/c1-23-16(22)13-10-18-20(14(13)17)12-6-4-11(5-7-12)15(21)19-8-2-3-9-19/h4-7,10H,2-3,8-9,17H2,1H3. The van der Waals surface area contributed by atoms with Crippen molar-refractivity contribution in [3.63, 3.8) is 0 Å². The van der Waals surface area contributed by atoms with Crippen molar-refractivity contribution in [3.05, 3.63) is 41.6 Å². The minimum Gasteiger partial charge on any atom is -0.465 e. The second kappa shape index (κ2) is 6.12. The molecule has 0 radical (unpaired) electrons. The molecular formula is C16H18N4O3. The van der Waals surface area contributed by atoms with E-state index in [2.05, 4.69) is 9.84 Å². The SMILES string of the molecule is COC(=O)c1cnn(-c2ccc(C(=O)N3CCCC3)cc2)c1N. The number of rotatable bonds is 3. The van der Waals surface area contributed by atoms with Crippen LogP contribution in [0.15, 0.2) is 30.5 Å². The van der Waals surface area contributed by atoms with E-state index in [9.17, 15) is 9.59 Å². The number of anilines is 1. The van der Waals surface area contributed by atoms with Crippen LogP contribution in [-0.2, 0) is 4.74 Å². The van der Waals surface area contributed by atoms with Crippen LogP contribution in [0.3, 0.4) is 0 Å². The Labute approximate surface area is 133 Å². The van der Waals surface area contributed by atoms with Crippen LogP contribution in [0.25, 0.3) is 5.69 Å². The van der Waals surface area contributed by atoms with Crippen molar-refractivity contribution in [1.82, 2.24) is 14.7 Å². The summed E-state index contributed by atoms with van der Waals surface area (Å²) in [7, 11) is 1.29. The molecule has 2 aromatic rings. The van der Waals surface area contributed by atoms with Crippen molar-refractivity contribution in [2.75, 3.05) is 25.9 Å². The number of hydrogen-bond donors (Lipinski definition) is 1. The van der Waals surface area contributed by atoms with Gasteiger partial charge >= 0.3 is 5.97 Å². The van der Waals surface area contributed by atoms with E-state index in [1.54, 1.807) is 24.3 Å². The van der Waals surface area contributed by atoms with Crippen molar-refractivity contribution in [2.24, 2.45) is 0 Å². The largest absolute Gasteiger partial charge is 0.465 e. The Balaban J connectivity index is 1.84. The number of carbonyl (C=O) groups excluding carboxylic acids is 2. The number of benzene rings is 1. The summed E-state index contributed by atoms with van der Waals surface area (Å²) in [6.07, 6.45) is 3.48. The molecule has 2 heterocycles. The average molecular weight is 314 g/mol. The zero-order valence-corrected chi connectivity index (χ0v) is 12.9. The molecule has 0 aliphatic carbocycles. The van der Waals surface area contributed by atoms with E-state index in [1.807, 2.05) is 4.90 Å². The van der Waals surface area contributed by atoms with Gasteiger partial charge in [-0.25, -0.2) is 9.48 Å². The maximum atomic E-state index is 12.3. The first kappa shape index (κ1) is 15.1. The number of ether oxygens (including phenoxy) is 1. The van der Waals surface area contributed by atoms with E-state index >= 15 is 0 Å². The quantitative estimate of drug-likeness (QED) is 0.867. The van der Waals surface area contributed by atoms with E-state index in [1.165, 1.54) is 18.0 Å². The maximum absolute atomic E-state index is 12.3. The minimum atomic E-state index is -0.533. The van der Waals surface area contributed by atoms with Gasteiger partial charge in [-0.1, -0.05) is 0 Å². The molecule has 1 aromatic carbocycles. The lowest BCUT2D eigenvalue weighted by molar-refractivity contribution is 0.0601. The highest BCUT2D eigenvalue weighted by molar-refractivity contribution is 5.95. The number of nitrogens with zero attached hydrogens (tertiary/aromatic N) is 3. The monoisotopic (exact) mass is 314 g/mol. The molecule has 1 aliphatic heterocycles. The van der Waals surface area contributed by atoms with Gasteiger partial charge in [0.2, 0.25) is 0 Å². The summed E-state index contributed by atoms with van der Waals surface area (Å²) in [6.45, 7) is 1.63. The molecule has 7 nitrogen and oxygen atoms in total. The third-order valence-electron chi connectivity index (χ3n) is 3.96. The van der Waals surface area contributed by atoms with Crippen LogP contribution in [0.1, 0.15) is 33.6 Å². The molecule has 120 valence electrons. The lowest BCUT2D eigenvalue weighted by Crippen LogP contribution is -2.27. The van der Waals surface area contributed by atoms with Crippen LogP contribution >= 0.6 is 0 Å². The molecule has 1 amide bonds. The van der Waals surface area contributed by atoms with Gasteiger partial charge in [0.1, 0.15) is 11.4 Å². The maximum Gasteiger partial charge on any atom is 0.343 e. The van der Waals surface area contributed by atoms with E-state index in [0.29, 0.717) is 11.3 Å². The molecule has 7 heteroatoms. The molecule has 3 rings (SSSR count). The topological polar surface area (TPSA) is 90.4 Å². The number of methoxy groups -OCH3 is 1. The summed E-state index contributed by atoms with van der Waals surface area (Å²) in [5.41, 5.74) is 7.46. The highest BCUT2D eigenvalue weighted by atomic mass is 16.5. The molecule has 1 fully saturated rings. The van der Waals surface area contributed by atoms with E-state index < -0.39 is 5.97 Å². The van der Waals surface area contributed by atoms with Crippen molar-refractivity contribution in [1.29, 1.82) is 0 Å². The van der Waals surface area contributed by atoms with Gasteiger partial charge < -0.3 is 15.4 Å². The van der Waals surface area contributed by atoms with Gasteiger partial charge in [0.05, 0.1) is 19.0 Å². The third kappa shape index (κ3) is 2.77. The number of amides is 1. The molecule has 0 unspecified atom stereocenters. The van der Waals surface area contributed by atoms with Crippen molar-refractivity contribution >= 4 is 17.7 Å². The Hall–Kier alpha value is -2.83. The number of aromatic nitrogens is 2. The first-order valence-corrected chi connectivity index (χ1v) is 7.43. The molecule has 23 heavy (non-hydrogen) atoms. The van der Waals surface area contributed by atoms with Crippen LogP contribution in [0.2, 0.25) is 0 Å². The average Bonchev–Trinajstić information content (AvgIpc) is 3.23. The van der Waals surface area contributed by atoms with Crippen LogP contribution < -0.4 is 5.73 Å². The van der Waals surface area contributed by atoms with Crippen LogP contribution in [0.4, 0.5) is 5.82 Å². The highest BCUT2D eigenvalue weighted by Gasteiger charge is 2.20. The third-order valence-corrected chi connectivity index (χ3v) is 3.96. The Kier molecular flexibility index (Phi) is 4.01. The van der Waals surface area contributed by atoms with Gasteiger partial charge in [-0.2, -0.15) is 5.10 Å². The predicted octanol–water partition coefficient (Wildman–Crippen LogP) is 1.48. The van der Waals surface area contributed by atoms with Gasteiger partial charge in [0.15, 0.2) is 0 Å². The van der Waals surface area contributed by atoms with Crippen molar-refractivity contribution < 1.29 is 14.3 Å². The fraction of sp³-hybridized carbons (Fsp3) is 0.312. The fourth-order valence-electron chi connectivity index (χ4n) is 2.68. The van der Waals surface area contributed by atoms with Crippen molar-refractivity contribution in [3.8, 4) is 5.69 Å². The minimum absolute atomic E-state index is 0.0396. The first-order chi connectivity index (χ1) is 11.1. The first-order valence-electron chi connectivity index (χ1n) is 7.43. The van der Waals surface area contributed by atoms with Crippen molar-refractivity contribution in [2.45, 2.75) is 12.8 Å². The number of hydrogen-bond acceptors (Lipinski definition) is 5. The fourth-order valence-corrected chi connectivity index (χ4v) is 2.68. The Morgan fingerprint density at radius 1 is 1.17 bits per heavy atom. The van der Waals surface area contributed by atoms with Crippen LogP contribution in [0, 0.1) is 0 Å². The zero-order valence-electron chi connectivity index (χ0n) is 12.9. The van der Waals surface area contributed by atoms with Gasteiger partial charge in [-0.05, 0) is 37.1 Å². The summed E-state index contributed by atoms with van der Waals surface area (Å²) in [4.78, 5) is 25.7. The lowest BCUT2D eigenvalue weighted by atomic mass is 10.2. The Morgan fingerprint density at radius 3 is 2.43 bits per heavy atom. The lowest BCUT2D eigenvalue weighted by Gasteiger charge is -2.15. The van der Waals surface area contributed by atoms with Gasteiger partial charge in [-0.3, -0.25) is 4.79 Å². The van der Waals surface area contributed by atoms with Crippen LogP contribution in [-0.4, -0.2) is 46.8 Å². The summed E-state index contributed by atoms with van der Waals surface area (Å²) in [5.74, 6) is -0.289. The molecule has 0 saturated carbocycles. The summed E-state index contributed by atoms with van der Waals surface area (Å²) in [6, 6.07) is 7.01. The van der Waals surface area contributed by atoms with Gasteiger partial charge in [-0.15, -0.1) is 0 Å². The number of esters is 1. The molecule has 1 aromatic heterocycles. The summed E-state index contributed by atoms with van der Waals surface area (Å²) in [5, 5.41) is 4.10.